The summed E-state index contributed by atoms with van der Waals surface area (Å²) in [6, 6.07) is 9.90. The lowest BCUT2D eigenvalue weighted by atomic mass is 10.2. The third-order valence-electron chi connectivity index (χ3n) is 3.21. The fourth-order valence-electron chi connectivity index (χ4n) is 2.01. The van der Waals surface area contributed by atoms with Crippen LogP contribution < -0.4 is 9.47 Å². The largest absolute Gasteiger partial charge is 0.494 e. The summed E-state index contributed by atoms with van der Waals surface area (Å²) in [5, 5.41) is 2.10. The Balaban J connectivity index is 1.96. The van der Waals surface area contributed by atoms with Gasteiger partial charge in [-0.3, -0.25) is 0 Å². The lowest BCUT2D eigenvalue weighted by Crippen LogP contribution is -2.00. The molecule has 0 radical (unpaired) electrons. The summed E-state index contributed by atoms with van der Waals surface area (Å²) in [4.78, 5) is 4.54. The molecule has 0 amide bonds. The van der Waals surface area contributed by atoms with Gasteiger partial charge in [-0.25, -0.2) is 4.98 Å². The average molecular weight is 387 g/mol. The number of pyridine rings is 1. The van der Waals surface area contributed by atoms with E-state index in [0.29, 0.717) is 18.4 Å². The molecule has 0 N–H and O–H groups in total. The minimum absolute atomic E-state index is 0.647. The molecule has 0 spiro atoms. The summed E-state index contributed by atoms with van der Waals surface area (Å²) in [5.41, 5.74) is 0.896. The van der Waals surface area contributed by atoms with Crippen LogP contribution in [0.2, 0.25) is 0 Å². The SMILES string of the molecule is ClCCCCOc1ccc2ccc(OCCCCBr)cc2n1. The van der Waals surface area contributed by atoms with Gasteiger partial charge in [-0.05, 0) is 43.9 Å². The highest BCUT2D eigenvalue weighted by molar-refractivity contribution is 9.09. The van der Waals surface area contributed by atoms with E-state index < -0.39 is 0 Å². The van der Waals surface area contributed by atoms with Crippen molar-refractivity contribution in [2.75, 3.05) is 24.4 Å². The molecule has 0 saturated carbocycles. The van der Waals surface area contributed by atoms with Crippen LogP contribution in [-0.4, -0.2) is 29.4 Å². The van der Waals surface area contributed by atoms with E-state index in [2.05, 4.69) is 20.9 Å². The monoisotopic (exact) mass is 385 g/mol. The molecule has 0 unspecified atom stereocenters. The third kappa shape index (κ3) is 5.65. The quantitative estimate of drug-likeness (QED) is 0.416. The van der Waals surface area contributed by atoms with Gasteiger partial charge in [0, 0.05) is 28.7 Å². The first kappa shape index (κ1) is 17.4. The summed E-state index contributed by atoms with van der Waals surface area (Å²) in [6.45, 7) is 1.37. The Kier molecular flexibility index (Phi) is 7.81. The summed E-state index contributed by atoms with van der Waals surface area (Å²) < 4.78 is 11.4. The van der Waals surface area contributed by atoms with E-state index in [1.54, 1.807) is 0 Å². The Bertz CT molecular complexity index is 533. The predicted octanol–water partition coefficient (Wildman–Crippen LogP) is 5.19. The van der Waals surface area contributed by atoms with Gasteiger partial charge in [0.25, 0.3) is 0 Å². The van der Waals surface area contributed by atoms with Gasteiger partial charge in [-0.15, -0.1) is 11.6 Å². The minimum Gasteiger partial charge on any atom is -0.494 e. The van der Waals surface area contributed by atoms with E-state index in [0.717, 1.165) is 54.3 Å². The number of benzene rings is 1. The smallest absolute Gasteiger partial charge is 0.213 e. The fraction of sp³-hybridized carbons (Fsp3) is 0.471. The van der Waals surface area contributed by atoms with Gasteiger partial charge >= 0.3 is 0 Å². The molecule has 0 aliphatic carbocycles. The molecule has 0 bridgehead atoms. The molecule has 1 aromatic carbocycles. The van der Waals surface area contributed by atoms with Crippen molar-refractivity contribution in [1.82, 2.24) is 4.98 Å². The zero-order valence-corrected chi connectivity index (χ0v) is 14.9. The maximum Gasteiger partial charge on any atom is 0.213 e. The Labute approximate surface area is 145 Å². The Morgan fingerprint density at radius 3 is 2.55 bits per heavy atom. The maximum absolute atomic E-state index is 5.75. The highest BCUT2D eigenvalue weighted by Gasteiger charge is 2.02. The number of rotatable bonds is 10. The van der Waals surface area contributed by atoms with E-state index in [9.17, 15) is 0 Å². The van der Waals surface area contributed by atoms with Crippen molar-refractivity contribution in [3.8, 4) is 11.6 Å². The number of hydrogen-bond donors (Lipinski definition) is 0. The van der Waals surface area contributed by atoms with Crippen molar-refractivity contribution < 1.29 is 9.47 Å². The number of fused-ring (bicyclic) bond motifs is 1. The number of hydrogen-bond acceptors (Lipinski definition) is 3. The first-order chi connectivity index (χ1) is 10.8. The van der Waals surface area contributed by atoms with Crippen LogP contribution in [0.1, 0.15) is 25.7 Å². The Morgan fingerprint density at radius 2 is 1.73 bits per heavy atom. The first-order valence-electron chi connectivity index (χ1n) is 7.62. The zero-order valence-electron chi connectivity index (χ0n) is 12.6. The molecule has 5 heteroatoms. The van der Waals surface area contributed by atoms with Crippen LogP contribution >= 0.6 is 27.5 Å². The second-order valence-corrected chi connectivity index (χ2v) is 6.16. The number of unbranched alkanes of at least 4 members (excludes halogenated alkanes) is 2. The highest BCUT2D eigenvalue weighted by atomic mass is 79.9. The van der Waals surface area contributed by atoms with Crippen molar-refractivity contribution in [3.63, 3.8) is 0 Å². The van der Waals surface area contributed by atoms with E-state index in [1.807, 2.05) is 30.3 Å². The zero-order chi connectivity index (χ0) is 15.6. The van der Waals surface area contributed by atoms with Crippen LogP contribution in [0, 0.1) is 0 Å². The molecule has 22 heavy (non-hydrogen) atoms. The molecule has 0 saturated heterocycles. The molecule has 1 heterocycles. The molecule has 0 fully saturated rings. The Hall–Kier alpha value is -1.00. The van der Waals surface area contributed by atoms with Crippen molar-refractivity contribution in [2.45, 2.75) is 25.7 Å². The van der Waals surface area contributed by atoms with Gasteiger partial charge in [0.2, 0.25) is 5.88 Å². The molecule has 0 aliphatic heterocycles. The normalized spacial score (nSPS) is 10.8. The van der Waals surface area contributed by atoms with E-state index >= 15 is 0 Å². The number of alkyl halides is 2. The molecule has 3 nitrogen and oxygen atoms in total. The van der Waals surface area contributed by atoms with Gasteiger partial charge in [-0.1, -0.05) is 15.9 Å². The van der Waals surface area contributed by atoms with E-state index in [4.69, 9.17) is 21.1 Å². The lowest BCUT2D eigenvalue weighted by Gasteiger charge is -2.08. The number of ether oxygens (including phenoxy) is 2. The third-order valence-corrected chi connectivity index (χ3v) is 4.04. The van der Waals surface area contributed by atoms with Crippen LogP contribution in [-0.2, 0) is 0 Å². The summed E-state index contributed by atoms with van der Waals surface area (Å²) in [5.74, 6) is 2.18. The number of halogens is 2. The predicted molar refractivity (Wildman–Crippen MR) is 95.7 cm³/mol. The second kappa shape index (κ2) is 9.90. The molecule has 120 valence electrons. The molecule has 1 aromatic heterocycles. The van der Waals surface area contributed by atoms with Crippen molar-refractivity contribution in [2.24, 2.45) is 0 Å². The van der Waals surface area contributed by atoms with Crippen LogP contribution in [0.15, 0.2) is 30.3 Å². The van der Waals surface area contributed by atoms with E-state index in [1.165, 1.54) is 0 Å². The van der Waals surface area contributed by atoms with Gasteiger partial charge in [-0.2, -0.15) is 0 Å². The van der Waals surface area contributed by atoms with Crippen molar-refractivity contribution in [3.05, 3.63) is 30.3 Å². The fourth-order valence-corrected chi connectivity index (χ4v) is 2.59. The van der Waals surface area contributed by atoms with Crippen molar-refractivity contribution in [1.29, 1.82) is 0 Å². The van der Waals surface area contributed by atoms with Gasteiger partial charge in [0.1, 0.15) is 5.75 Å². The minimum atomic E-state index is 0.647. The second-order valence-electron chi connectivity index (χ2n) is 4.99. The summed E-state index contributed by atoms with van der Waals surface area (Å²) >= 11 is 9.07. The molecule has 2 rings (SSSR count). The van der Waals surface area contributed by atoms with Crippen LogP contribution in [0.4, 0.5) is 0 Å². The molecular weight excluding hydrogens is 366 g/mol. The highest BCUT2D eigenvalue weighted by Crippen LogP contribution is 2.22. The van der Waals surface area contributed by atoms with Crippen molar-refractivity contribution >= 4 is 38.4 Å². The number of nitrogens with zero attached hydrogens (tertiary/aromatic N) is 1. The lowest BCUT2D eigenvalue weighted by molar-refractivity contribution is 0.299. The molecule has 0 atom stereocenters. The maximum atomic E-state index is 5.75. The van der Waals surface area contributed by atoms with Gasteiger partial charge in [0.15, 0.2) is 0 Å². The number of aromatic nitrogens is 1. The van der Waals surface area contributed by atoms with E-state index in [-0.39, 0.29) is 0 Å². The molecule has 2 aromatic rings. The summed E-state index contributed by atoms with van der Waals surface area (Å²) in [7, 11) is 0. The Morgan fingerprint density at radius 1 is 0.955 bits per heavy atom. The standard InChI is InChI=1S/C17H21BrClNO2/c18-9-1-3-11-21-15-7-5-14-6-8-17(20-16(14)13-15)22-12-4-2-10-19/h5-8,13H,1-4,9-12H2. The topological polar surface area (TPSA) is 31.4 Å². The average Bonchev–Trinajstić information content (AvgIpc) is 2.55. The molecular formula is C17H21BrClNO2. The van der Waals surface area contributed by atoms with Crippen LogP contribution in [0.5, 0.6) is 11.6 Å². The van der Waals surface area contributed by atoms with Gasteiger partial charge < -0.3 is 9.47 Å². The summed E-state index contributed by atoms with van der Waals surface area (Å²) in [6.07, 6.45) is 4.06. The van der Waals surface area contributed by atoms with Crippen LogP contribution in [0.3, 0.4) is 0 Å². The van der Waals surface area contributed by atoms with Crippen LogP contribution in [0.25, 0.3) is 10.9 Å². The van der Waals surface area contributed by atoms with Gasteiger partial charge in [0.05, 0.1) is 18.7 Å². The first-order valence-corrected chi connectivity index (χ1v) is 9.27. The molecule has 0 aliphatic rings.